The molecular weight excluding hydrogens is 334 g/mol. The summed E-state index contributed by atoms with van der Waals surface area (Å²) in [5.74, 6) is 0.0450. The monoisotopic (exact) mass is 349 g/mol. The minimum absolute atomic E-state index is 0.00851. The van der Waals surface area contributed by atoms with E-state index in [0.29, 0.717) is 22.8 Å². The number of ether oxygens (including phenoxy) is 1. The molecule has 0 unspecified atom stereocenters. The van der Waals surface area contributed by atoms with Crippen molar-refractivity contribution in [3.63, 3.8) is 0 Å². The van der Waals surface area contributed by atoms with Crippen LogP contribution < -0.4 is 15.0 Å². The van der Waals surface area contributed by atoms with Crippen molar-refractivity contribution in [2.75, 3.05) is 23.9 Å². The minimum atomic E-state index is -0.400. The molecule has 0 fully saturated rings. The number of nitrogens with zero attached hydrogens (tertiary/aromatic N) is 3. The fourth-order valence-electron chi connectivity index (χ4n) is 2.73. The third-order valence-corrected chi connectivity index (χ3v) is 4.11. The van der Waals surface area contributed by atoms with Crippen molar-refractivity contribution in [2.45, 2.75) is 0 Å². The van der Waals surface area contributed by atoms with Gasteiger partial charge >= 0.3 is 0 Å². The third kappa shape index (κ3) is 2.77. The normalized spacial score (nSPS) is 13.1. The molecule has 0 aliphatic carbocycles. The summed E-state index contributed by atoms with van der Waals surface area (Å²) in [6.07, 6.45) is 0. The first-order valence-corrected chi connectivity index (χ1v) is 7.94. The molecule has 2 heterocycles. The largest absolute Gasteiger partial charge is 0.482 e. The molecule has 1 aliphatic rings. The average Bonchev–Trinajstić information content (AvgIpc) is 3.16. The number of rotatable bonds is 3. The molecule has 130 valence electrons. The fourth-order valence-corrected chi connectivity index (χ4v) is 2.73. The summed E-state index contributed by atoms with van der Waals surface area (Å²) in [6, 6.07) is 14.4. The van der Waals surface area contributed by atoms with Gasteiger partial charge in [-0.15, -0.1) is 0 Å². The van der Waals surface area contributed by atoms with Gasteiger partial charge in [0.05, 0.1) is 5.69 Å². The van der Waals surface area contributed by atoms with Gasteiger partial charge in [0.1, 0.15) is 11.4 Å². The zero-order valence-electron chi connectivity index (χ0n) is 13.9. The Morgan fingerprint density at radius 2 is 2.00 bits per heavy atom. The summed E-state index contributed by atoms with van der Waals surface area (Å²) in [7, 11) is 1.67. The second kappa shape index (κ2) is 6.32. The molecule has 0 spiro atoms. The zero-order valence-corrected chi connectivity index (χ0v) is 13.9. The molecule has 3 aromatic rings. The fraction of sp³-hybridized carbons (Fsp3) is 0.111. The predicted octanol–water partition coefficient (Wildman–Crippen LogP) is 2.08. The number of fused-ring (bicyclic) bond motifs is 1. The van der Waals surface area contributed by atoms with Gasteiger partial charge in [-0.25, -0.2) is 0 Å². The highest BCUT2D eigenvalue weighted by atomic mass is 16.5. The number of likely N-dealkylation sites (N-methyl/N-ethyl adjacent to an activating group) is 1. The highest BCUT2D eigenvalue weighted by molar-refractivity contribution is 6.07. The molecule has 0 saturated heterocycles. The second-order valence-corrected chi connectivity index (χ2v) is 5.76. The van der Waals surface area contributed by atoms with Gasteiger partial charge in [-0.05, 0) is 18.2 Å². The second-order valence-electron chi connectivity index (χ2n) is 5.76. The lowest BCUT2D eigenvalue weighted by Crippen LogP contribution is -2.35. The van der Waals surface area contributed by atoms with Crippen LogP contribution in [-0.2, 0) is 4.79 Å². The van der Waals surface area contributed by atoms with Crippen molar-refractivity contribution < 1.29 is 14.3 Å². The smallest absolute Gasteiger partial charge is 0.278 e. The maximum atomic E-state index is 12.6. The molecular formula is C18H15N5O3. The van der Waals surface area contributed by atoms with Gasteiger partial charge in [0.15, 0.2) is 12.3 Å². The summed E-state index contributed by atoms with van der Waals surface area (Å²) in [5.41, 5.74) is 2.57. The van der Waals surface area contributed by atoms with Crippen molar-refractivity contribution in [1.82, 2.24) is 15.4 Å². The van der Waals surface area contributed by atoms with Crippen LogP contribution in [0.5, 0.6) is 5.75 Å². The number of H-pyrrole nitrogens is 1. The van der Waals surface area contributed by atoms with Gasteiger partial charge in [-0.2, -0.15) is 15.4 Å². The van der Waals surface area contributed by atoms with Gasteiger partial charge in [0.25, 0.3) is 11.8 Å². The number of nitrogens with one attached hydrogen (secondary N) is 2. The summed E-state index contributed by atoms with van der Waals surface area (Å²) >= 11 is 0. The van der Waals surface area contributed by atoms with Gasteiger partial charge in [0, 0.05) is 18.3 Å². The third-order valence-electron chi connectivity index (χ3n) is 4.11. The van der Waals surface area contributed by atoms with Crippen molar-refractivity contribution in [3.8, 4) is 17.0 Å². The number of carbonyl (C=O) groups is 2. The molecule has 26 heavy (non-hydrogen) atoms. The van der Waals surface area contributed by atoms with Crippen LogP contribution in [0.15, 0.2) is 48.5 Å². The molecule has 0 bridgehead atoms. The minimum Gasteiger partial charge on any atom is -0.482 e. The number of anilines is 2. The van der Waals surface area contributed by atoms with Crippen molar-refractivity contribution in [1.29, 1.82) is 0 Å². The van der Waals surface area contributed by atoms with Gasteiger partial charge in [-0.1, -0.05) is 30.3 Å². The molecule has 2 amide bonds. The van der Waals surface area contributed by atoms with Crippen LogP contribution in [0.1, 0.15) is 10.5 Å². The molecule has 0 radical (unpaired) electrons. The molecule has 0 saturated carbocycles. The zero-order chi connectivity index (χ0) is 18.1. The molecule has 8 nitrogen and oxygen atoms in total. The SMILES string of the molecule is CN1C(=O)COc2ccc(NC(=O)c3n[nH]nc3-c3ccccc3)cc21. The van der Waals surface area contributed by atoms with Crippen LogP contribution >= 0.6 is 0 Å². The Hall–Kier alpha value is -3.68. The van der Waals surface area contributed by atoms with E-state index in [0.717, 1.165) is 5.56 Å². The van der Waals surface area contributed by atoms with E-state index >= 15 is 0 Å². The molecule has 8 heteroatoms. The van der Waals surface area contributed by atoms with Gasteiger partial charge in [-0.3, -0.25) is 9.59 Å². The molecule has 4 rings (SSSR count). The first kappa shape index (κ1) is 15.8. The van der Waals surface area contributed by atoms with Crippen LogP contribution in [0.25, 0.3) is 11.3 Å². The highest BCUT2D eigenvalue weighted by Crippen LogP contribution is 2.33. The van der Waals surface area contributed by atoms with Crippen molar-refractivity contribution in [2.24, 2.45) is 0 Å². The Labute approximate surface area is 148 Å². The van der Waals surface area contributed by atoms with Crippen LogP contribution in [0.2, 0.25) is 0 Å². The van der Waals surface area contributed by atoms with E-state index < -0.39 is 5.91 Å². The van der Waals surface area contributed by atoms with E-state index in [2.05, 4.69) is 20.7 Å². The van der Waals surface area contributed by atoms with Crippen molar-refractivity contribution >= 4 is 23.2 Å². The molecule has 1 aliphatic heterocycles. The summed E-state index contributed by atoms with van der Waals surface area (Å²) in [5, 5.41) is 13.3. The molecule has 0 atom stereocenters. The van der Waals surface area contributed by atoms with E-state index in [9.17, 15) is 9.59 Å². The van der Waals surface area contributed by atoms with E-state index in [1.54, 1.807) is 25.2 Å². The van der Waals surface area contributed by atoms with Crippen LogP contribution in [-0.4, -0.2) is 40.9 Å². The number of carbonyl (C=O) groups excluding carboxylic acids is 2. The summed E-state index contributed by atoms with van der Waals surface area (Å²) < 4.78 is 5.38. The Kier molecular flexibility index (Phi) is 3.85. The quantitative estimate of drug-likeness (QED) is 0.754. The Bertz CT molecular complexity index is 984. The van der Waals surface area contributed by atoms with Crippen molar-refractivity contribution in [3.05, 3.63) is 54.2 Å². The molecule has 2 N–H and O–H groups in total. The van der Waals surface area contributed by atoms with Crippen LogP contribution in [0, 0.1) is 0 Å². The number of aromatic amines is 1. The Morgan fingerprint density at radius 1 is 1.19 bits per heavy atom. The highest BCUT2D eigenvalue weighted by Gasteiger charge is 2.23. The van der Waals surface area contributed by atoms with Gasteiger partial charge < -0.3 is 15.0 Å². The predicted molar refractivity (Wildman–Crippen MR) is 95.1 cm³/mol. The number of hydrogen-bond donors (Lipinski definition) is 2. The Morgan fingerprint density at radius 3 is 2.81 bits per heavy atom. The maximum Gasteiger partial charge on any atom is 0.278 e. The first-order chi connectivity index (χ1) is 12.6. The topological polar surface area (TPSA) is 100 Å². The molecule has 1 aromatic heterocycles. The first-order valence-electron chi connectivity index (χ1n) is 7.94. The lowest BCUT2D eigenvalue weighted by molar-refractivity contribution is -0.120. The average molecular weight is 349 g/mol. The van der Waals surface area contributed by atoms with E-state index in [1.807, 2.05) is 30.3 Å². The number of hydrogen-bond acceptors (Lipinski definition) is 5. The number of amides is 2. The lowest BCUT2D eigenvalue weighted by Gasteiger charge is -2.26. The lowest BCUT2D eigenvalue weighted by atomic mass is 10.1. The molecule has 2 aromatic carbocycles. The maximum absolute atomic E-state index is 12.6. The van der Waals surface area contributed by atoms with E-state index in [-0.39, 0.29) is 18.2 Å². The number of aromatic nitrogens is 3. The van der Waals surface area contributed by atoms with Crippen LogP contribution in [0.4, 0.5) is 11.4 Å². The standard InChI is InChI=1S/C18H15N5O3/c1-23-13-9-12(7-8-14(13)26-10-15(23)24)19-18(25)17-16(20-22-21-17)11-5-3-2-4-6-11/h2-9H,10H2,1H3,(H,19,25)(H,20,21,22). The van der Waals surface area contributed by atoms with E-state index in [1.165, 1.54) is 4.90 Å². The van der Waals surface area contributed by atoms with Crippen LogP contribution in [0.3, 0.4) is 0 Å². The van der Waals surface area contributed by atoms with E-state index in [4.69, 9.17) is 4.74 Å². The summed E-state index contributed by atoms with van der Waals surface area (Å²) in [4.78, 5) is 25.9. The summed E-state index contributed by atoms with van der Waals surface area (Å²) in [6.45, 7) is 0.00851. The van der Waals surface area contributed by atoms with Gasteiger partial charge in [0.2, 0.25) is 0 Å². The Balaban J connectivity index is 1.61. The number of benzene rings is 2.